The summed E-state index contributed by atoms with van der Waals surface area (Å²) in [7, 11) is 0. The van der Waals surface area contributed by atoms with Crippen molar-refractivity contribution in [2.45, 2.75) is 50.8 Å². The Balaban J connectivity index is 2.29. The topological polar surface area (TPSA) is 0 Å². The maximum absolute atomic E-state index is 3.76. The van der Waals surface area contributed by atoms with Crippen LogP contribution in [0.25, 0.3) is 0 Å². The quantitative estimate of drug-likeness (QED) is 0.629. The minimum Gasteiger partial charge on any atom is -0.0888 e. The molecule has 1 rings (SSSR count). The summed E-state index contributed by atoms with van der Waals surface area (Å²) in [5, 5.41) is 0. The molecule has 3 atom stereocenters. The fourth-order valence-corrected chi connectivity index (χ4v) is 2.63. The van der Waals surface area contributed by atoms with Crippen molar-refractivity contribution in [2.75, 3.05) is 0 Å². The first-order valence-electron chi connectivity index (χ1n) is 4.92. The third-order valence-electron chi connectivity index (χ3n) is 3.06. The van der Waals surface area contributed by atoms with E-state index in [1.165, 1.54) is 32.1 Å². The van der Waals surface area contributed by atoms with E-state index in [0.29, 0.717) is 0 Å². The fraction of sp³-hybridized carbons (Fsp3) is 1.00. The molecule has 1 heteroatoms. The van der Waals surface area contributed by atoms with E-state index in [-0.39, 0.29) is 0 Å². The molecule has 0 aliphatic heterocycles. The number of halogens is 1. The third kappa shape index (κ3) is 2.47. The summed E-state index contributed by atoms with van der Waals surface area (Å²) in [5.41, 5.74) is 0. The lowest BCUT2D eigenvalue weighted by atomic mass is 9.99. The van der Waals surface area contributed by atoms with Crippen molar-refractivity contribution in [1.82, 2.24) is 0 Å². The predicted molar refractivity (Wildman–Crippen MR) is 54.1 cm³/mol. The van der Waals surface area contributed by atoms with E-state index in [9.17, 15) is 0 Å². The highest BCUT2D eigenvalue weighted by molar-refractivity contribution is 9.09. The van der Waals surface area contributed by atoms with Gasteiger partial charge in [-0.3, -0.25) is 0 Å². The molecular weight excluding hydrogens is 200 g/mol. The van der Waals surface area contributed by atoms with E-state index in [4.69, 9.17) is 0 Å². The van der Waals surface area contributed by atoms with Gasteiger partial charge in [0.2, 0.25) is 0 Å². The van der Waals surface area contributed by atoms with Gasteiger partial charge in [-0.2, -0.15) is 0 Å². The van der Waals surface area contributed by atoms with Crippen LogP contribution in [0.4, 0.5) is 0 Å². The number of rotatable bonds is 3. The zero-order valence-corrected chi connectivity index (χ0v) is 9.23. The zero-order valence-electron chi connectivity index (χ0n) is 7.65. The first-order chi connectivity index (χ1) is 5.27. The zero-order chi connectivity index (χ0) is 8.27. The Morgan fingerprint density at radius 3 is 2.55 bits per heavy atom. The molecule has 11 heavy (non-hydrogen) atoms. The molecule has 0 amide bonds. The van der Waals surface area contributed by atoms with Crippen LogP contribution < -0.4 is 0 Å². The smallest absolute Gasteiger partial charge is 0.0171 e. The van der Waals surface area contributed by atoms with Gasteiger partial charge in [0.25, 0.3) is 0 Å². The minimum absolute atomic E-state index is 0.791. The van der Waals surface area contributed by atoms with Gasteiger partial charge in [0.1, 0.15) is 0 Å². The fourth-order valence-electron chi connectivity index (χ4n) is 2.15. The molecule has 1 fully saturated rings. The molecule has 0 spiro atoms. The second kappa shape index (κ2) is 4.49. The molecule has 0 radical (unpaired) electrons. The lowest BCUT2D eigenvalue weighted by Crippen LogP contribution is -2.09. The average Bonchev–Trinajstić information content (AvgIpc) is 2.50. The Labute approximate surface area is 78.9 Å². The molecule has 0 saturated heterocycles. The van der Waals surface area contributed by atoms with Crippen molar-refractivity contribution in [3.63, 3.8) is 0 Å². The van der Waals surface area contributed by atoms with Gasteiger partial charge in [0, 0.05) is 4.83 Å². The Hall–Kier alpha value is 0.480. The van der Waals surface area contributed by atoms with Gasteiger partial charge in [-0.1, -0.05) is 42.6 Å². The molecule has 0 bridgehead atoms. The minimum atomic E-state index is 0.791. The average molecular weight is 219 g/mol. The molecule has 1 aliphatic rings. The molecule has 1 saturated carbocycles. The van der Waals surface area contributed by atoms with Crippen LogP contribution in [0.15, 0.2) is 0 Å². The highest BCUT2D eigenvalue weighted by Crippen LogP contribution is 2.38. The van der Waals surface area contributed by atoms with Gasteiger partial charge in [0.05, 0.1) is 0 Å². The summed E-state index contributed by atoms with van der Waals surface area (Å²) in [4.78, 5) is 0.791. The maximum Gasteiger partial charge on any atom is 0.0171 e. The van der Waals surface area contributed by atoms with Crippen molar-refractivity contribution >= 4 is 15.9 Å². The van der Waals surface area contributed by atoms with Gasteiger partial charge < -0.3 is 0 Å². The van der Waals surface area contributed by atoms with E-state index in [0.717, 1.165) is 16.7 Å². The molecule has 1 aliphatic carbocycles. The van der Waals surface area contributed by atoms with E-state index in [1.54, 1.807) is 0 Å². The van der Waals surface area contributed by atoms with Crippen molar-refractivity contribution in [3.8, 4) is 0 Å². The molecule has 0 heterocycles. The lowest BCUT2D eigenvalue weighted by Gasteiger charge is -2.15. The van der Waals surface area contributed by atoms with E-state index >= 15 is 0 Å². The number of hydrogen-bond donors (Lipinski definition) is 0. The molecule has 0 aromatic carbocycles. The summed E-state index contributed by atoms with van der Waals surface area (Å²) in [6.45, 7) is 4.60. The largest absolute Gasteiger partial charge is 0.0888 e. The summed E-state index contributed by atoms with van der Waals surface area (Å²) in [6.07, 6.45) is 7.09. The second-order valence-electron chi connectivity index (χ2n) is 3.77. The van der Waals surface area contributed by atoms with Gasteiger partial charge in [0.15, 0.2) is 0 Å². The monoisotopic (exact) mass is 218 g/mol. The van der Waals surface area contributed by atoms with Crippen LogP contribution in [0.1, 0.15) is 46.0 Å². The van der Waals surface area contributed by atoms with Crippen LogP contribution in [-0.4, -0.2) is 4.83 Å². The van der Waals surface area contributed by atoms with E-state index in [2.05, 4.69) is 29.8 Å². The Morgan fingerprint density at radius 1 is 1.36 bits per heavy atom. The molecule has 66 valence electrons. The maximum atomic E-state index is 3.76. The normalized spacial score (nSPS) is 34.1. The van der Waals surface area contributed by atoms with Gasteiger partial charge in [-0.15, -0.1) is 0 Å². The molecular formula is C10H19Br. The molecule has 3 unspecified atom stereocenters. The van der Waals surface area contributed by atoms with Crippen molar-refractivity contribution in [1.29, 1.82) is 0 Å². The van der Waals surface area contributed by atoms with Crippen LogP contribution in [-0.2, 0) is 0 Å². The Kier molecular flexibility index (Phi) is 3.91. The summed E-state index contributed by atoms with van der Waals surface area (Å²) in [6, 6.07) is 0. The van der Waals surface area contributed by atoms with Crippen molar-refractivity contribution in [2.24, 2.45) is 11.8 Å². The lowest BCUT2D eigenvalue weighted by molar-refractivity contribution is 0.467. The highest BCUT2D eigenvalue weighted by Gasteiger charge is 2.27. The van der Waals surface area contributed by atoms with Crippen molar-refractivity contribution < 1.29 is 0 Å². The van der Waals surface area contributed by atoms with Crippen LogP contribution >= 0.6 is 15.9 Å². The van der Waals surface area contributed by atoms with Crippen molar-refractivity contribution in [3.05, 3.63) is 0 Å². The van der Waals surface area contributed by atoms with Gasteiger partial charge in [-0.25, -0.2) is 0 Å². The molecule has 0 aromatic heterocycles. The first kappa shape index (κ1) is 9.57. The highest BCUT2D eigenvalue weighted by atomic mass is 79.9. The van der Waals surface area contributed by atoms with Crippen LogP contribution in [0.3, 0.4) is 0 Å². The SMILES string of the molecule is CCC1CCC(C(Br)CC)C1. The van der Waals surface area contributed by atoms with Crippen LogP contribution in [0.2, 0.25) is 0 Å². The predicted octanol–water partition coefficient (Wildman–Crippen LogP) is 3.99. The van der Waals surface area contributed by atoms with Crippen LogP contribution in [0, 0.1) is 11.8 Å². The van der Waals surface area contributed by atoms with Crippen LogP contribution in [0.5, 0.6) is 0 Å². The first-order valence-corrected chi connectivity index (χ1v) is 5.83. The standard InChI is InChI=1S/C10H19Br/c1-3-8-5-6-9(7-8)10(11)4-2/h8-10H,3-7H2,1-2H3. The molecule has 0 N–H and O–H groups in total. The second-order valence-corrected chi connectivity index (χ2v) is 4.95. The number of alkyl halides is 1. The molecule has 0 nitrogen and oxygen atoms in total. The number of hydrogen-bond acceptors (Lipinski definition) is 0. The van der Waals surface area contributed by atoms with E-state index < -0.39 is 0 Å². The summed E-state index contributed by atoms with van der Waals surface area (Å²) < 4.78 is 0. The third-order valence-corrected chi connectivity index (χ3v) is 4.46. The van der Waals surface area contributed by atoms with Gasteiger partial charge in [-0.05, 0) is 31.1 Å². The molecule has 0 aromatic rings. The summed E-state index contributed by atoms with van der Waals surface area (Å²) >= 11 is 3.76. The van der Waals surface area contributed by atoms with Gasteiger partial charge >= 0.3 is 0 Å². The van der Waals surface area contributed by atoms with E-state index in [1.807, 2.05) is 0 Å². The Morgan fingerprint density at radius 2 is 2.09 bits per heavy atom. The Bertz CT molecular complexity index is 111. The summed E-state index contributed by atoms with van der Waals surface area (Å²) in [5.74, 6) is 2.01.